The monoisotopic (exact) mass is 348 g/mol. The van der Waals surface area contributed by atoms with Crippen molar-refractivity contribution in [2.75, 3.05) is 18.1 Å². The highest BCUT2D eigenvalue weighted by atomic mass is 19.1. The molecule has 0 spiro atoms. The lowest BCUT2D eigenvalue weighted by Gasteiger charge is -2.31. The fourth-order valence-corrected chi connectivity index (χ4v) is 3.92. The first-order valence-corrected chi connectivity index (χ1v) is 8.92. The number of benzene rings is 1. The van der Waals surface area contributed by atoms with E-state index in [1.54, 1.807) is 11.0 Å². The second-order valence-electron chi connectivity index (χ2n) is 7.39. The molecule has 2 aliphatic rings. The molecule has 0 saturated heterocycles. The molecule has 1 heterocycles. The second kappa shape index (κ2) is 7.12. The molecule has 0 bridgehead atoms. The van der Waals surface area contributed by atoms with E-state index in [1.165, 1.54) is 12.1 Å². The summed E-state index contributed by atoms with van der Waals surface area (Å²) in [5.74, 6) is -0.461. The lowest BCUT2D eigenvalue weighted by molar-refractivity contribution is -0.122. The molecule has 1 aromatic carbocycles. The lowest BCUT2D eigenvalue weighted by Crippen LogP contribution is -2.46. The van der Waals surface area contributed by atoms with E-state index >= 15 is 0 Å². The number of hydrogen-bond donors (Lipinski definition) is 2. The van der Waals surface area contributed by atoms with Gasteiger partial charge >= 0.3 is 0 Å². The number of amides is 2. The normalized spacial score (nSPS) is 25.8. The van der Waals surface area contributed by atoms with Gasteiger partial charge in [-0.15, -0.1) is 0 Å². The highest BCUT2D eigenvalue weighted by Crippen LogP contribution is 2.37. The number of carbonyl (C=O) groups excluding carboxylic acids is 2. The van der Waals surface area contributed by atoms with Crippen LogP contribution in [0.1, 0.15) is 44.6 Å². The van der Waals surface area contributed by atoms with Crippen LogP contribution in [-0.2, 0) is 16.0 Å². The van der Waals surface area contributed by atoms with Gasteiger partial charge in [0.1, 0.15) is 5.82 Å². The number of nitrogens with one attached hydrogen (secondary N) is 1. The molecule has 3 rings (SSSR count). The number of carbonyl (C=O) groups is 2. The van der Waals surface area contributed by atoms with E-state index < -0.39 is 0 Å². The van der Waals surface area contributed by atoms with Crippen molar-refractivity contribution in [2.24, 2.45) is 5.41 Å². The second-order valence-corrected chi connectivity index (χ2v) is 7.39. The summed E-state index contributed by atoms with van der Waals surface area (Å²) >= 11 is 0. The predicted octanol–water partition coefficient (Wildman–Crippen LogP) is 2.16. The van der Waals surface area contributed by atoms with Crippen molar-refractivity contribution in [1.29, 1.82) is 0 Å². The first-order chi connectivity index (χ1) is 11.9. The Kier molecular flexibility index (Phi) is 5.08. The van der Waals surface area contributed by atoms with Crippen molar-refractivity contribution in [1.82, 2.24) is 5.32 Å². The Balaban J connectivity index is 1.62. The molecule has 1 aliphatic heterocycles. The number of rotatable bonds is 5. The molecule has 1 fully saturated rings. The Morgan fingerprint density at radius 1 is 1.44 bits per heavy atom. The van der Waals surface area contributed by atoms with Crippen molar-refractivity contribution in [2.45, 2.75) is 51.5 Å². The Bertz CT molecular complexity index is 679. The van der Waals surface area contributed by atoms with Crippen molar-refractivity contribution in [3.8, 4) is 0 Å². The van der Waals surface area contributed by atoms with Gasteiger partial charge in [0, 0.05) is 36.5 Å². The van der Waals surface area contributed by atoms with Gasteiger partial charge in [-0.05, 0) is 43.0 Å². The molecule has 0 aromatic heterocycles. The van der Waals surface area contributed by atoms with Crippen LogP contribution in [0.15, 0.2) is 18.2 Å². The highest BCUT2D eigenvalue weighted by molar-refractivity contribution is 5.97. The van der Waals surface area contributed by atoms with Gasteiger partial charge in [-0.25, -0.2) is 4.39 Å². The van der Waals surface area contributed by atoms with Crippen LogP contribution in [0.5, 0.6) is 0 Å². The Morgan fingerprint density at radius 2 is 2.24 bits per heavy atom. The summed E-state index contributed by atoms with van der Waals surface area (Å²) in [5.41, 5.74) is 1.25. The minimum atomic E-state index is -0.310. The minimum Gasteiger partial charge on any atom is -0.396 e. The van der Waals surface area contributed by atoms with E-state index in [0.717, 1.165) is 24.8 Å². The van der Waals surface area contributed by atoms with E-state index in [1.807, 2.05) is 6.92 Å². The Labute approximate surface area is 147 Å². The molecule has 2 atom stereocenters. The molecular weight excluding hydrogens is 323 g/mol. The molecule has 2 amide bonds. The van der Waals surface area contributed by atoms with Gasteiger partial charge in [0.05, 0.1) is 6.61 Å². The number of anilines is 1. The molecule has 1 aromatic rings. The number of hydrogen-bond acceptors (Lipinski definition) is 3. The maximum atomic E-state index is 13.4. The van der Waals surface area contributed by atoms with E-state index in [4.69, 9.17) is 0 Å². The van der Waals surface area contributed by atoms with E-state index in [2.05, 4.69) is 5.32 Å². The fourth-order valence-electron chi connectivity index (χ4n) is 3.92. The van der Waals surface area contributed by atoms with E-state index in [9.17, 15) is 19.1 Å². The smallest absolute Gasteiger partial charge is 0.227 e. The molecule has 2 N–H and O–H groups in total. The zero-order valence-electron chi connectivity index (χ0n) is 14.6. The Morgan fingerprint density at radius 3 is 3.00 bits per heavy atom. The largest absolute Gasteiger partial charge is 0.396 e. The summed E-state index contributed by atoms with van der Waals surface area (Å²) in [6, 6.07) is 4.39. The van der Waals surface area contributed by atoms with Gasteiger partial charge in [0.2, 0.25) is 11.8 Å². The first-order valence-electron chi connectivity index (χ1n) is 8.92. The Hall–Kier alpha value is -1.95. The maximum Gasteiger partial charge on any atom is 0.227 e. The molecule has 25 heavy (non-hydrogen) atoms. The summed E-state index contributed by atoms with van der Waals surface area (Å²) in [5, 5.41) is 12.6. The number of aliphatic hydroxyl groups excluding tert-OH is 1. The third-order valence-corrected chi connectivity index (χ3v) is 5.58. The molecular formula is C19H25FN2O3. The topological polar surface area (TPSA) is 69.6 Å². The average molecular weight is 348 g/mol. The van der Waals surface area contributed by atoms with E-state index in [0.29, 0.717) is 18.5 Å². The summed E-state index contributed by atoms with van der Waals surface area (Å²) in [6.07, 6.45) is 3.83. The zero-order valence-corrected chi connectivity index (χ0v) is 14.6. The van der Waals surface area contributed by atoms with Crippen molar-refractivity contribution < 1.29 is 19.1 Å². The van der Waals surface area contributed by atoms with Gasteiger partial charge in [0.25, 0.3) is 0 Å². The summed E-state index contributed by atoms with van der Waals surface area (Å²) in [6.45, 7) is 2.33. The molecule has 2 unspecified atom stereocenters. The van der Waals surface area contributed by atoms with Gasteiger partial charge in [-0.1, -0.05) is 13.3 Å². The number of nitrogens with zero attached hydrogens (tertiary/aromatic N) is 1. The summed E-state index contributed by atoms with van der Waals surface area (Å²) in [4.78, 5) is 26.1. The van der Waals surface area contributed by atoms with Crippen LogP contribution in [0, 0.1) is 11.2 Å². The predicted molar refractivity (Wildman–Crippen MR) is 92.7 cm³/mol. The van der Waals surface area contributed by atoms with Crippen LogP contribution >= 0.6 is 0 Å². The van der Waals surface area contributed by atoms with Gasteiger partial charge in [-0.3, -0.25) is 9.59 Å². The molecule has 1 saturated carbocycles. The quantitative estimate of drug-likeness (QED) is 0.857. The SMILES string of the molecule is CC1(CO)CCCC1NC(=O)CCN1C(=O)CCc2cc(F)ccc21. The number of fused-ring (bicyclic) bond motifs is 1. The third-order valence-electron chi connectivity index (χ3n) is 5.58. The highest BCUT2D eigenvalue weighted by Gasteiger charge is 2.39. The van der Waals surface area contributed by atoms with Crippen molar-refractivity contribution >= 4 is 17.5 Å². The van der Waals surface area contributed by atoms with E-state index in [-0.39, 0.29) is 48.7 Å². The molecule has 136 valence electrons. The molecule has 0 radical (unpaired) electrons. The summed E-state index contributed by atoms with van der Waals surface area (Å²) < 4.78 is 13.4. The molecule has 6 heteroatoms. The van der Waals surface area contributed by atoms with Gasteiger partial charge in [-0.2, -0.15) is 0 Å². The van der Waals surface area contributed by atoms with Crippen molar-refractivity contribution in [3.63, 3.8) is 0 Å². The van der Waals surface area contributed by atoms with Crippen LogP contribution in [0.4, 0.5) is 10.1 Å². The van der Waals surface area contributed by atoms with Crippen LogP contribution in [0.25, 0.3) is 0 Å². The van der Waals surface area contributed by atoms with Gasteiger partial charge in [0.15, 0.2) is 0 Å². The van der Waals surface area contributed by atoms with Crippen LogP contribution in [0.2, 0.25) is 0 Å². The molecule has 5 nitrogen and oxygen atoms in total. The average Bonchev–Trinajstić information content (AvgIpc) is 2.95. The van der Waals surface area contributed by atoms with Crippen molar-refractivity contribution in [3.05, 3.63) is 29.6 Å². The number of aliphatic hydroxyl groups is 1. The standard InChI is InChI=1S/C19H25FN2O3/c1-19(12-23)9-2-3-16(19)21-17(24)8-10-22-15-6-5-14(20)11-13(15)4-7-18(22)25/h5-6,11,16,23H,2-4,7-10,12H2,1H3,(H,21,24). The fraction of sp³-hybridized carbons (Fsp3) is 0.579. The van der Waals surface area contributed by atoms with Gasteiger partial charge < -0.3 is 15.3 Å². The zero-order chi connectivity index (χ0) is 18.0. The number of aryl methyl sites for hydroxylation is 1. The summed E-state index contributed by atoms with van der Waals surface area (Å²) in [7, 11) is 0. The first kappa shape index (κ1) is 17.9. The lowest BCUT2D eigenvalue weighted by atomic mass is 9.86. The van der Waals surface area contributed by atoms with Crippen LogP contribution in [0.3, 0.4) is 0 Å². The maximum absolute atomic E-state index is 13.4. The van der Waals surface area contributed by atoms with Crippen LogP contribution in [-0.4, -0.2) is 36.1 Å². The minimum absolute atomic E-state index is 0.0246. The van der Waals surface area contributed by atoms with Crippen LogP contribution < -0.4 is 10.2 Å². The third kappa shape index (κ3) is 3.68. The molecule has 1 aliphatic carbocycles. The number of halogens is 1.